The van der Waals surface area contributed by atoms with E-state index in [-0.39, 0.29) is 0 Å². The second kappa shape index (κ2) is 6.10. The highest BCUT2D eigenvalue weighted by Crippen LogP contribution is 2.25. The first-order valence-electron chi connectivity index (χ1n) is 8.88. The van der Waals surface area contributed by atoms with Crippen LogP contribution < -0.4 is 4.90 Å². The van der Waals surface area contributed by atoms with Gasteiger partial charge in [-0.3, -0.25) is 5.10 Å². The number of imidazole rings is 1. The molecule has 7 nitrogen and oxygen atoms in total. The maximum atomic E-state index is 5.48. The highest BCUT2D eigenvalue weighted by atomic mass is 16.5. The van der Waals surface area contributed by atoms with Gasteiger partial charge in [0.1, 0.15) is 5.82 Å². The van der Waals surface area contributed by atoms with Crippen LogP contribution in [0.4, 0.5) is 5.82 Å². The second-order valence-corrected chi connectivity index (χ2v) is 6.73. The summed E-state index contributed by atoms with van der Waals surface area (Å²) in [7, 11) is 2.11. The average Bonchev–Trinajstić information content (AvgIpc) is 3.33. The number of fused-ring (bicyclic) bond motifs is 2. The molecule has 7 heteroatoms. The van der Waals surface area contributed by atoms with Crippen LogP contribution in [0.3, 0.4) is 0 Å². The molecule has 0 amide bonds. The highest BCUT2D eigenvalue weighted by Gasteiger charge is 2.20. The number of anilines is 1. The van der Waals surface area contributed by atoms with Crippen molar-refractivity contribution in [2.24, 2.45) is 0 Å². The van der Waals surface area contributed by atoms with Gasteiger partial charge in [0.15, 0.2) is 5.65 Å². The van der Waals surface area contributed by atoms with Crippen molar-refractivity contribution in [2.45, 2.75) is 18.9 Å². The van der Waals surface area contributed by atoms with Crippen molar-refractivity contribution in [3.05, 3.63) is 42.7 Å². The Morgan fingerprint density at radius 1 is 1.15 bits per heavy atom. The fourth-order valence-corrected chi connectivity index (χ4v) is 3.60. The van der Waals surface area contributed by atoms with Crippen LogP contribution in [0, 0.1) is 0 Å². The molecule has 1 fully saturated rings. The second-order valence-electron chi connectivity index (χ2n) is 6.73. The Morgan fingerprint density at radius 3 is 2.92 bits per heavy atom. The lowest BCUT2D eigenvalue weighted by Gasteiger charge is -2.31. The van der Waals surface area contributed by atoms with Crippen molar-refractivity contribution >= 4 is 22.4 Å². The Balaban J connectivity index is 1.56. The summed E-state index contributed by atoms with van der Waals surface area (Å²) in [5.41, 5.74) is 3.88. The van der Waals surface area contributed by atoms with Crippen molar-refractivity contribution in [3.8, 4) is 11.3 Å². The summed E-state index contributed by atoms with van der Waals surface area (Å²) < 4.78 is 7.40. The predicted molar refractivity (Wildman–Crippen MR) is 100 cm³/mol. The minimum Gasteiger partial charge on any atom is -0.381 e. The van der Waals surface area contributed by atoms with Crippen LogP contribution in [0.25, 0.3) is 27.8 Å². The zero-order chi connectivity index (χ0) is 17.5. The Hall–Kier alpha value is -2.93. The smallest absolute Gasteiger partial charge is 0.154 e. The highest BCUT2D eigenvalue weighted by molar-refractivity contribution is 5.83. The quantitative estimate of drug-likeness (QED) is 0.616. The van der Waals surface area contributed by atoms with Crippen LogP contribution >= 0.6 is 0 Å². The van der Waals surface area contributed by atoms with Gasteiger partial charge in [0.25, 0.3) is 0 Å². The molecule has 1 saturated heterocycles. The Morgan fingerprint density at radius 2 is 2.04 bits per heavy atom. The topological polar surface area (TPSA) is 71.3 Å². The third-order valence-corrected chi connectivity index (χ3v) is 5.19. The summed E-state index contributed by atoms with van der Waals surface area (Å²) in [5.74, 6) is 0.950. The van der Waals surface area contributed by atoms with Crippen LogP contribution in [-0.2, 0) is 4.74 Å². The first-order valence-corrected chi connectivity index (χ1v) is 8.88. The van der Waals surface area contributed by atoms with E-state index in [4.69, 9.17) is 9.84 Å². The first-order chi connectivity index (χ1) is 12.8. The lowest BCUT2D eigenvalue weighted by molar-refractivity contribution is 0.0853. The van der Waals surface area contributed by atoms with E-state index in [2.05, 4.69) is 45.3 Å². The van der Waals surface area contributed by atoms with Crippen LogP contribution in [0.15, 0.2) is 42.7 Å². The summed E-state index contributed by atoms with van der Waals surface area (Å²) in [6.07, 6.45) is 5.76. The third-order valence-electron chi connectivity index (χ3n) is 5.19. The van der Waals surface area contributed by atoms with Gasteiger partial charge >= 0.3 is 0 Å². The standard InChI is InChI=1S/C19H20N6O/c1-24(15-6-8-26-9-7-15)19-5-4-18-20-12-17(25(18)23-19)13-2-3-14-11-21-22-16(14)10-13/h2-5,10-12,15H,6-9H2,1H3,(H,21,22). The van der Waals surface area contributed by atoms with Gasteiger partial charge in [-0.05, 0) is 31.0 Å². The fourth-order valence-electron chi connectivity index (χ4n) is 3.60. The first kappa shape index (κ1) is 15.3. The Bertz CT molecular complexity index is 1060. The molecule has 4 aromatic rings. The number of H-pyrrole nitrogens is 1. The number of hydrogen-bond donors (Lipinski definition) is 1. The van der Waals surface area contributed by atoms with Crippen LogP contribution in [0.1, 0.15) is 12.8 Å². The van der Waals surface area contributed by atoms with Crippen molar-refractivity contribution in [3.63, 3.8) is 0 Å². The summed E-state index contributed by atoms with van der Waals surface area (Å²) in [5, 5.41) is 13.1. The minimum atomic E-state index is 0.460. The van der Waals surface area contributed by atoms with Gasteiger partial charge in [-0.1, -0.05) is 12.1 Å². The molecule has 0 unspecified atom stereocenters. The van der Waals surface area contributed by atoms with E-state index in [0.29, 0.717) is 6.04 Å². The average molecular weight is 348 g/mol. The zero-order valence-corrected chi connectivity index (χ0v) is 14.6. The van der Waals surface area contributed by atoms with Gasteiger partial charge in [0, 0.05) is 37.3 Å². The molecule has 0 spiro atoms. The maximum absolute atomic E-state index is 5.48. The molecule has 0 atom stereocenters. The minimum absolute atomic E-state index is 0.460. The third kappa shape index (κ3) is 2.52. The summed E-state index contributed by atoms with van der Waals surface area (Å²) in [4.78, 5) is 6.77. The van der Waals surface area contributed by atoms with E-state index < -0.39 is 0 Å². The van der Waals surface area contributed by atoms with Crippen molar-refractivity contribution in [1.82, 2.24) is 24.8 Å². The van der Waals surface area contributed by atoms with Crippen molar-refractivity contribution < 1.29 is 4.74 Å². The molecule has 4 heterocycles. The van der Waals surface area contributed by atoms with E-state index >= 15 is 0 Å². The number of nitrogens with one attached hydrogen (secondary N) is 1. The number of aromatic nitrogens is 5. The molecule has 1 N–H and O–H groups in total. The molecule has 0 bridgehead atoms. The molecule has 1 aliphatic heterocycles. The summed E-state index contributed by atoms with van der Waals surface area (Å²) >= 11 is 0. The van der Waals surface area contributed by atoms with Gasteiger partial charge in [-0.2, -0.15) is 5.10 Å². The molecule has 1 aliphatic rings. The lowest BCUT2D eigenvalue weighted by Crippen LogP contribution is -2.37. The monoisotopic (exact) mass is 348 g/mol. The van der Waals surface area contributed by atoms with Crippen LogP contribution in [0.2, 0.25) is 0 Å². The lowest BCUT2D eigenvalue weighted by atomic mass is 10.1. The molecule has 3 aromatic heterocycles. The molecule has 26 heavy (non-hydrogen) atoms. The normalized spacial score (nSPS) is 15.7. The summed E-state index contributed by atoms with van der Waals surface area (Å²) in [6.45, 7) is 1.63. The SMILES string of the molecule is CN(c1ccc2ncc(-c3ccc4cn[nH]c4c3)n2n1)C1CCOCC1. The number of nitrogens with zero attached hydrogens (tertiary/aromatic N) is 5. The summed E-state index contributed by atoms with van der Waals surface area (Å²) in [6, 6.07) is 10.8. The molecule has 0 saturated carbocycles. The largest absolute Gasteiger partial charge is 0.381 e. The van der Waals surface area contributed by atoms with Gasteiger partial charge in [0.05, 0.1) is 23.6 Å². The number of ether oxygens (including phenoxy) is 1. The number of rotatable bonds is 3. The van der Waals surface area contributed by atoms with E-state index in [1.54, 1.807) is 0 Å². The molecular weight excluding hydrogens is 328 g/mol. The van der Waals surface area contributed by atoms with Crippen molar-refractivity contribution in [1.29, 1.82) is 0 Å². The van der Waals surface area contributed by atoms with Crippen LogP contribution in [-0.4, -0.2) is 51.1 Å². The number of benzene rings is 1. The van der Waals surface area contributed by atoms with Crippen LogP contribution in [0.5, 0.6) is 0 Å². The van der Waals surface area contributed by atoms with E-state index in [1.165, 1.54) is 0 Å². The molecule has 1 aromatic carbocycles. The molecule has 132 valence electrons. The van der Waals surface area contributed by atoms with Gasteiger partial charge < -0.3 is 9.64 Å². The Kier molecular flexibility index (Phi) is 3.60. The number of aromatic amines is 1. The zero-order valence-electron chi connectivity index (χ0n) is 14.6. The van der Waals surface area contributed by atoms with Gasteiger partial charge in [-0.25, -0.2) is 9.50 Å². The predicted octanol–water partition coefficient (Wildman–Crippen LogP) is 2.89. The molecule has 5 rings (SSSR count). The maximum Gasteiger partial charge on any atom is 0.154 e. The fraction of sp³-hybridized carbons (Fsp3) is 0.316. The van der Waals surface area contributed by atoms with E-state index in [1.807, 2.05) is 29.0 Å². The molecular formula is C19H20N6O. The van der Waals surface area contributed by atoms with Gasteiger partial charge in [-0.15, -0.1) is 5.10 Å². The molecule has 0 aliphatic carbocycles. The molecule has 0 radical (unpaired) electrons. The van der Waals surface area contributed by atoms with E-state index in [9.17, 15) is 0 Å². The van der Waals surface area contributed by atoms with Crippen molar-refractivity contribution in [2.75, 3.05) is 25.2 Å². The van der Waals surface area contributed by atoms with Gasteiger partial charge in [0.2, 0.25) is 0 Å². The number of hydrogen-bond acceptors (Lipinski definition) is 5. The van der Waals surface area contributed by atoms with E-state index in [0.717, 1.165) is 59.7 Å². The Labute approximate surface area is 150 Å².